The summed E-state index contributed by atoms with van der Waals surface area (Å²) in [5, 5.41) is 5.84. The van der Waals surface area contributed by atoms with Gasteiger partial charge in [-0.15, -0.1) is 0 Å². The summed E-state index contributed by atoms with van der Waals surface area (Å²) in [6, 6.07) is -0.190. The molecule has 0 spiro atoms. The molecule has 0 aromatic carbocycles. The average Bonchev–Trinajstić information content (AvgIpc) is 2.94. The summed E-state index contributed by atoms with van der Waals surface area (Å²) in [4.78, 5) is 24.3. The highest BCUT2D eigenvalue weighted by molar-refractivity contribution is 5.97. The van der Waals surface area contributed by atoms with E-state index in [0.717, 1.165) is 36.8 Å². The third-order valence-electron chi connectivity index (χ3n) is 4.57. The summed E-state index contributed by atoms with van der Waals surface area (Å²) in [6.07, 6.45) is 8.10. The first-order valence-electron chi connectivity index (χ1n) is 7.95. The number of amides is 2. The highest BCUT2D eigenvalue weighted by Crippen LogP contribution is 2.23. The Morgan fingerprint density at radius 1 is 1.19 bits per heavy atom. The van der Waals surface area contributed by atoms with Crippen molar-refractivity contribution in [2.24, 2.45) is 0 Å². The van der Waals surface area contributed by atoms with Crippen LogP contribution in [-0.2, 0) is 9.59 Å². The van der Waals surface area contributed by atoms with Crippen LogP contribution in [0.5, 0.6) is 0 Å². The second-order valence-corrected chi connectivity index (χ2v) is 6.32. The molecule has 2 aliphatic carbocycles. The Kier molecular flexibility index (Phi) is 5.21. The van der Waals surface area contributed by atoms with Gasteiger partial charge >= 0.3 is 0 Å². The fourth-order valence-electron chi connectivity index (χ4n) is 2.91. The summed E-state index contributed by atoms with van der Waals surface area (Å²) >= 11 is 0. The molecule has 0 aromatic rings. The summed E-state index contributed by atoms with van der Waals surface area (Å²) < 4.78 is 0. The first-order valence-corrected chi connectivity index (χ1v) is 7.95. The lowest BCUT2D eigenvalue weighted by Gasteiger charge is -2.20. The molecule has 1 unspecified atom stereocenters. The Morgan fingerprint density at radius 3 is 2.48 bits per heavy atom. The maximum absolute atomic E-state index is 12.2. The molecule has 0 aliphatic heterocycles. The molecule has 4 heteroatoms. The van der Waals surface area contributed by atoms with Gasteiger partial charge in [0.15, 0.2) is 0 Å². The topological polar surface area (TPSA) is 58.2 Å². The number of nitrogens with one attached hydrogen (secondary N) is 2. The lowest BCUT2D eigenvalue weighted by molar-refractivity contribution is -0.127. The van der Waals surface area contributed by atoms with Crippen LogP contribution in [0.3, 0.4) is 0 Å². The van der Waals surface area contributed by atoms with Crippen LogP contribution in [0.2, 0.25) is 0 Å². The molecule has 21 heavy (non-hydrogen) atoms. The minimum atomic E-state index is -0.480. The van der Waals surface area contributed by atoms with E-state index in [0.29, 0.717) is 6.04 Å². The second kappa shape index (κ2) is 6.92. The molecule has 2 aliphatic rings. The predicted molar refractivity (Wildman–Crippen MR) is 83.7 cm³/mol. The van der Waals surface area contributed by atoms with Crippen LogP contribution >= 0.6 is 0 Å². The highest BCUT2D eigenvalue weighted by atomic mass is 16.2. The van der Waals surface area contributed by atoms with Gasteiger partial charge in [0.1, 0.15) is 6.04 Å². The van der Waals surface area contributed by atoms with E-state index in [4.69, 9.17) is 0 Å². The predicted octanol–water partition coefficient (Wildman–Crippen LogP) is 2.61. The number of hydrogen-bond donors (Lipinski definition) is 2. The molecular formula is C17H26N2O2. The molecule has 2 N–H and O–H groups in total. The first kappa shape index (κ1) is 15.8. The van der Waals surface area contributed by atoms with Gasteiger partial charge in [0.2, 0.25) is 11.8 Å². The Morgan fingerprint density at radius 2 is 1.86 bits per heavy atom. The van der Waals surface area contributed by atoms with E-state index in [-0.39, 0.29) is 11.8 Å². The van der Waals surface area contributed by atoms with Crippen molar-refractivity contribution >= 4 is 11.8 Å². The monoisotopic (exact) mass is 290 g/mol. The number of carbonyl (C=O) groups is 2. The lowest BCUT2D eigenvalue weighted by atomic mass is 9.93. The van der Waals surface area contributed by atoms with E-state index in [1.807, 2.05) is 13.0 Å². The van der Waals surface area contributed by atoms with Gasteiger partial charge in [-0.2, -0.15) is 0 Å². The Labute approximate surface area is 127 Å². The molecule has 0 saturated heterocycles. The minimum absolute atomic E-state index is 0.0740. The van der Waals surface area contributed by atoms with Crippen molar-refractivity contribution in [1.82, 2.24) is 10.6 Å². The first-order chi connectivity index (χ1) is 9.97. The van der Waals surface area contributed by atoms with Crippen molar-refractivity contribution in [2.45, 2.75) is 71.4 Å². The molecule has 0 aromatic heterocycles. The van der Waals surface area contributed by atoms with Crippen molar-refractivity contribution in [3.8, 4) is 0 Å². The summed E-state index contributed by atoms with van der Waals surface area (Å²) in [5.74, 6) is -0.189. The molecule has 0 heterocycles. The van der Waals surface area contributed by atoms with Gasteiger partial charge in [0.25, 0.3) is 0 Å². The molecule has 0 bridgehead atoms. The van der Waals surface area contributed by atoms with Crippen molar-refractivity contribution < 1.29 is 9.59 Å². The third kappa shape index (κ3) is 4.19. The normalized spacial score (nSPS) is 21.0. The van der Waals surface area contributed by atoms with E-state index in [1.165, 1.54) is 18.4 Å². The lowest BCUT2D eigenvalue weighted by Crippen LogP contribution is -2.47. The standard InChI is InChI=1S/C17H26N2O2/c1-11-8-9-14(10-12(11)2)17(21)18-13(3)16(20)19-15-6-4-5-7-15/h10,13,15H,4-9H2,1-3H3,(H,18,21)(H,19,20). The number of hydrogen-bond acceptors (Lipinski definition) is 2. The molecule has 0 radical (unpaired) electrons. The molecule has 116 valence electrons. The summed E-state index contributed by atoms with van der Waals surface area (Å²) in [6.45, 7) is 5.87. The van der Waals surface area contributed by atoms with Gasteiger partial charge in [-0.1, -0.05) is 30.1 Å². The van der Waals surface area contributed by atoms with Gasteiger partial charge in [0.05, 0.1) is 0 Å². The second-order valence-electron chi connectivity index (χ2n) is 6.32. The largest absolute Gasteiger partial charge is 0.352 e. The SMILES string of the molecule is CC1=C(C)CCC(C(=O)NC(C)C(=O)NC2CCCC2)=C1. The molecular weight excluding hydrogens is 264 g/mol. The average molecular weight is 290 g/mol. The Bertz CT molecular complexity index is 485. The number of carbonyl (C=O) groups excluding carboxylic acids is 2. The van der Waals surface area contributed by atoms with Crippen molar-refractivity contribution in [2.75, 3.05) is 0 Å². The third-order valence-corrected chi connectivity index (χ3v) is 4.57. The Balaban J connectivity index is 1.87. The zero-order chi connectivity index (χ0) is 15.4. The zero-order valence-electron chi connectivity index (χ0n) is 13.3. The van der Waals surface area contributed by atoms with Crippen LogP contribution in [0.4, 0.5) is 0 Å². The molecule has 4 nitrogen and oxygen atoms in total. The fourth-order valence-corrected chi connectivity index (χ4v) is 2.91. The minimum Gasteiger partial charge on any atom is -0.352 e. The van der Waals surface area contributed by atoms with Crippen molar-refractivity contribution in [3.05, 3.63) is 22.8 Å². The van der Waals surface area contributed by atoms with E-state index < -0.39 is 6.04 Å². The van der Waals surface area contributed by atoms with Gasteiger partial charge in [-0.25, -0.2) is 0 Å². The number of rotatable bonds is 4. The van der Waals surface area contributed by atoms with Gasteiger partial charge < -0.3 is 10.6 Å². The van der Waals surface area contributed by atoms with E-state index in [9.17, 15) is 9.59 Å². The molecule has 2 amide bonds. The van der Waals surface area contributed by atoms with E-state index in [1.54, 1.807) is 6.92 Å². The van der Waals surface area contributed by atoms with Crippen molar-refractivity contribution in [3.63, 3.8) is 0 Å². The maximum atomic E-state index is 12.2. The highest BCUT2D eigenvalue weighted by Gasteiger charge is 2.23. The Hall–Kier alpha value is -1.58. The molecule has 1 fully saturated rings. The van der Waals surface area contributed by atoms with Crippen LogP contribution in [0.15, 0.2) is 22.8 Å². The van der Waals surface area contributed by atoms with Crippen LogP contribution in [-0.4, -0.2) is 23.9 Å². The van der Waals surface area contributed by atoms with Gasteiger partial charge in [-0.05, 0) is 46.5 Å². The van der Waals surface area contributed by atoms with Crippen LogP contribution in [0.1, 0.15) is 59.3 Å². The van der Waals surface area contributed by atoms with E-state index in [2.05, 4.69) is 17.6 Å². The maximum Gasteiger partial charge on any atom is 0.247 e. The van der Waals surface area contributed by atoms with Crippen LogP contribution < -0.4 is 10.6 Å². The van der Waals surface area contributed by atoms with Crippen LogP contribution in [0, 0.1) is 0 Å². The quantitative estimate of drug-likeness (QED) is 0.836. The molecule has 1 atom stereocenters. The summed E-state index contributed by atoms with van der Waals surface area (Å²) in [7, 11) is 0. The summed E-state index contributed by atoms with van der Waals surface area (Å²) in [5.41, 5.74) is 3.27. The zero-order valence-corrected chi connectivity index (χ0v) is 13.3. The van der Waals surface area contributed by atoms with Gasteiger partial charge in [0, 0.05) is 11.6 Å². The van der Waals surface area contributed by atoms with E-state index >= 15 is 0 Å². The van der Waals surface area contributed by atoms with Crippen LogP contribution in [0.25, 0.3) is 0 Å². The van der Waals surface area contributed by atoms with Crippen molar-refractivity contribution in [1.29, 1.82) is 0 Å². The smallest absolute Gasteiger partial charge is 0.247 e. The van der Waals surface area contributed by atoms with Gasteiger partial charge in [-0.3, -0.25) is 9.59 Å². The molecule has 2 rings (SSSR count). The molecule has 1 saturated carbocycles. The fraction of sp³-hybridized carbons (Fsp3) is 0.647. The number of allylic oxidation sites excluding steroid dienone is 3.